The van der Waals surface area contributed by atoms with Crippen molar-refractivity contribution in [1.82, 2.24) is 0 Å². The van der Waals surface area contributed by atoms with Crippen molar-refractivity contribution in [3.05, 3.63) is 99.7 Å². The topological polar surface area (TPSA) is 85.6 Å². The minimum Gasteiger partial charge on any atom is -0.459 e. The number of esters is 1. The number of carbonyl (C=O) groups is 2. The molecule has 0 saturated carbocycles. The van der Waals surface area contributed by atoms with E-state index in [-0.39, 0.29) is 17.4 Å². The number of aryl methyl sites for hydroxylation is 1. The molecule has 0 aliphatic carbocycles. The third kappa shape index (κ3) is 5.01. The molecule has 3 aromatic carbocycles. The molecule has 0 saturated heterocycles. The molecule has 0 radical (unpaired) electrons. The number of anilines is 1. The third-order valence-corrected chi connectivity index (χ3v) is 5.04. The van der Waals surface area contributed by atoms with Crippen LogP contribution in [0.1, 0.15) is 40.1 Å². The van der Waals surface area contributed by atoms with Crippen molar-refractivity contribution in [3.63, 3.8) is 0 Å². The molecule has 0 unspecified atom stereocenters. The van der Waals surface area contributed by atoms with Gasteiger partial charge in [-0.2, -0.15) is 0 Å². The van der Waals surface area contributed by atoms with E-state index in [1.54, 1.807) is 74.5 Å². The number of hydrogen-bond donors (Lipinski definition) is 1. The monoisotopic (exact) mass is 441 g/mol. The van der Waals surface area contributed by atoms with Crippen molar-refractivity contribution in [2.45, 2.75) is 26.9 Å². The Labute approximate surface area is 190 Å². The summed E-state index contributed by atoms with van der Waals surface area (Å²) in [5.74, 6) is -0.268. The Morgan fingerprint density at radius 3 is 2.21 bits per heavy atom. The van der Waals surface area contributed by atoms with Gasteiger partial charge in [-0.25, -0.2) is 4.79 Å². The fraction of sp³-hybridized carbons (Fsp3) is 0.148. The third-order valence-electron chi connectivity index (χ3n) is 5.04. The maximum Gasteiger partial charge on any atom is 0.338 e. The number of ether oxygens (including phenoxy) is 1. The standard InChI is InChI=1S/C27H23NO5/c1-16(2)32-27(31)20-9-11-21(12-10-20)28-26(30)19-7-5-18(6-8-19)25-15-23(29)22-14-17(3)4-13-24(22)33-25/h4-16H,1-3H3,(H,28,30). The first-order valence-electron chi connectivity index (χ1n) is 10.6. The predicted molar refractivity (Wildman–Crippen MR) is 128 cm³/mol. The molecule has 4 aromatic rings. The normalized spacial score (nSPS) is 10.9. The molecular weight excluding hydrogens is 418 g/mol. The quantitative estimate of drug-likeness (QED) is 0.408. The lowest BCUT2D eigenvalue weighted by molar-refractivity contribution is 0.0378. The summed E-state index contributed by atoms with van der Waals surface area (Å²) >= 11 is 0. The Morgan fingerprint density at radius 2 is 1.55 bits per heavy atom. The summed E-state index contributed by atoms with van der Waals surface area (Å²) in [5.41, 5.74) is 3.50. The zero-order chi connectivity index (χ0) is 23.5. The Morgan fingerprint density at radius 1 is 0.879 bits per heavy atom. The first kappa shape index (κ1) is 22.0. The van der Waals surface area contributed by atoms with Gasteiger partial charge in [-0.15, -0.1) is 0 Å². The number of carbonyl (C=O) groups excluding carboxylic acids is 2. The van der Waals surface area contributed by atoms with Gasteiger partial charge in [-0.3, -0.25) is 9.59 Å². The number of amides is 1. The van der Waals surface area contributed by atoms with Crippen LogP contribution in [0.5, 0.6) is 0 Å². The van der Waals surface area contributed by atoms with Crippen LogP contribution in [0, 0.1) is 6.92 Å². The van der Waals surface area contributed by atoms with Gasteiger partial charge < -0.3 is 14.5 Å². The molecule has 4 rings (SSSR count). The van der Waals surface area contributed by atoms with E-state index < -0.39 is 5.97 Å². The lowest BCUT2D eigenvalue weighted by Gasteiger charge is -2.09. The minimum atomic E-state index is -0.408. The number of benzene rings is 3. The molecule has 0 bridgehead atoms. The summed E-state index contributed by atoms with van der Waals surface area (Å²) in [6, 6.07) is 20.2. The van der Waals surface area contributed by atoms with E-state index in [1.807, 2.05) is 13.0 Å². The smallest absolute Gasteiger partial charge is 0.338 e. The van der Waals surface area contributed by atoms with E-state index in [0.29, 0.717) is 39.1 Å². The van der Waals surface area contributed by atoms with E-state index in [9.17, 15) is 14.4 Å². The molecule has 6 heteroatoms. The molecule has 0 aliphatic rings. The molecule has 1 aromatic heterocycles. The second-order valence-electron chi connectivity index (χ2n) is 8.04. The van der Waals surface area contributed by atoms with Crippen LogP contribution in [0.3, 0.4) is 0 Å². The van der Waals surface area contributed by atoms with Gasteiger partial charge in [0.2, 0.25) is 0 Å². The average molecular weight is 441 g/mol. The van der Waals surface area contributed by atoms with Crippen LogP contribution in [0.15, 0.2) is 82.0 Å². The Hall–Kier alpha value is -4.19. The fourth-order valence-corrected chi connectivity index (χ4v) is 3.37. The highest BCUT2D eigenvalue weighted by molar-refractivity contribution is 6.04. The average Bonchev–Trinajstić information content (AvgIpc) is 2.79. The van der Waals surface area contributed by atoms with Crippen molar-refractivity contribution < 1.29 is 18.7 Å². The Kier molecular flexibility index (Phi) is 6.09. The van der Waals surface area contributed by atoms with E-state index in [0.717, 1.165) is 5.56 Å². The highest BCUT2D eigenvalue weighted by atomic mass is 16.5. The van der Waals surface area contributed by atoms with Crippen molar-refractivity contribution in [2.75, 3.05) is 5.32 Å². The lowest BCUT2D eigenvalue weighted by Crippen LogP contribution is -2.13. The zero-order valence-corrected chi connectivity index (χ0v) is 18.5. The number of hydrogen-bond acceptors (Lipinski definition) is 5. The largest absolute Gasteiger partial charge is 0.459 e. The predicted octanol–water partition coefficient (Wildman–Crippen LogP) is 5.59. The van der Waals surface area contributed by atoms with Gasteiger partial charge in [0, 0.05) is 22.9 Å². The molecule has 33 heavy (non-hydrogen) atoms. The Bertz CT molecular complexity index is 1380. The van der Waals surface area contributed by atoms with Crippen molar-refractivity contribution in [3.8, 4) is 11.3 Å². The van der Waals surface area contributed by atoms with Gasteiger partial charge in [0.25, 0.3) is 5.91 Å². The summed E-state index contributed by atoms with van der Waals surface area (Å²) in [4.78, 5) is 37.0. The van der Waals surface area contributed by atoms with Crippen LogP contribution in [0.25, 0.3) is 22.3 Å². The van der Waals surface area contributed by atoms with Crippen molar-refractivity contribution >= 4 is 28.5 Å². The van der Waals surface area contributed by atoms with Crippen LogP contribution in [0.2, 0.25) is 0 Å². The van der Waals surface area contributed by atoms with Gasteiger partial charge >= 0.3 is 5.97 Å². The van der Waals surface area contributed by atoms with Crippen molar-refractivity contribution in [2.24, 2.45) is 0 Å². The first-order chi connectivity index (χ1) is 15.8. The molecule has 6 nitrogen and oxygen atoms in total. The molecule has 1 N–H and O–H groups in total. The van der Waals surface area contributed by atoms with E-state index in [4.69, 9.17) is 9.15 Å². The van der Waals surface area contributed by atoms with E-state index in [2.05, 4.69) is 5.32 Å². The van der Waals surface area contributed by atoms with Crippen LogP contribution >= 0.6 is 0 Å². The highest BCUT2D eigenvalue weighted by Gasteiger charge is 2.12. The van der Waals surface area contributed by atoms with Gasteiger partial charge in [-0.05, 0) is 69.3 Å². The van der Waals surface area contributed by atoms with Gasteiger partial charge in [0.05, 0.1) is 17.1 Å². The molecule has 166 valence electrons. The first-order valence-corrected chi connectivity index (χ1v) is 10.6. The minimum absolute atomic E-state index is 0.113. The Balaban J connectivity index is 1.49. The summed E-state index contributed by atoms with van der Waals surface area (Å²) in [6.45, 7) is 5.49. The molecule has 0 fully saturated rings. The van der Waals surface area contributed by atoms with Crippen LogP contribution < -0.4 is 10.7 Å². The lowest BCUT2D eigenvalue weighted by atomic mass is 10.1. The molecule has 0 atom stereocenters. The summed E-state index contributed by atoms with van der Waals surface area (Å²) in [6.07, 6.45) is -0.202. The molecule has 1 heterocycles. The maximum absolute atomic E-state index is 12.6. The van der Waals surface area contributed by atoms with Crippen LogP contribution in [0.4, 0.5) is 5.69 Å². The fourth-order valence-electron chi connectivity index (χ4n) is 3.37. The number of fused-ring (bicyclic) bond motifs is 1. The van der Waals surface area contributed by atoms with Gasteiger partial charge in [0.1, 0.15) is 11.3 Å². The van der Waals surface area contributed by atoms with Crippen LogP contribution in [-0.4, -0.2) is 18.0 Å². The maximum atomic E-state index is 12.6. The second kappa shape index (κ2) is 9.12. The molecule has 0 aliphatic heterocycles. The SMILES string of the molecule is Cc1ccc2oc(-c3ccc(C(=O)Nc4ccc(C(=O)OC(C)C)cc4)cc3)cc(=O)c2c1. The zero-order valence-electron chi connectivity index (χ0n) is 18.5. The van der Waals surface area contributed by atoms with Crippen molar-refractivity contribution in [1.29, 1.82) is 0 Å². The van der Waals surface area contributed by atoms with Gasteiger partial charge in [-0.1, -0.05) is 23.8 Å². The number of rotatable bonds is 5. The number of nitrogens with one attached hydrogen (secondary N) is 1. The summed E-state index contributed by atoms with van der Waals surface area (Å²) in [7, 11) is 0. The van der Waals surface area contributed by atoms with Crippen LogP contribution in [-0.2, 0) is 4.74 Å². The molecular formula is C27H23NO5. The van der Waals surface area contributed by atoms with E-state index in [1.165, 1.54) is 6.07 Å². The molecule has 0 spiro atoms. The summed E-state index contributed by atoms with van der Waals surface area (Å²) in [5, 5.41) is 3.34. The second-order valence-corrected chi connectivity index (χ2v) is 8.04. The summed E-state index contributed by atoms with van der Waals surface area (Å²) < 4.78 is 11.1. The molecule has 1 amide bonds. The highest BCUT2D eigenvalue weighted by Crippen LogP contribution is 2.23. The van der Waals surface area contributed by atoms with Gasteiger partial charge in [0.15, 0.2) is 5.43 Å². The van der Waals surface area contributed by atoms with E-state index >= 15 is 0 Å².